The summed E-state index contributed by atoms with van der Waals surface area (Å²) in [6.45, 7) is 9.33. The normalized spacial score (nSPS) is 14.3. The van der Waals surface area contributed by atoms with Crippen molar-refractivity contribution >= 4 is 33.3 Å². The fourth-order valence-corrected chi connectivity index (χ4v) is 5.96. The minimum Gasteiger partial charge on any atom is -0.493 e. The van der Waals surface area contributed by atoms with Gasteiger partial charge in [-0.2, -0.15) is 0 Å². The van der Waals surface area contributed by atoms with Crippen LogP contribution < -0.4 is 9.46 Å². The zero-order valence-corrected chi connectivity index (χ0v) is 24.9. The Kier molecular flexibility index (Phi) is 8.23. The first kappa shape index (κ1) is 29.8. The fraction of sp³-hybridized carbons (Fsp3) is 0.367. The van der Waals surface area contributed by atoms with Gasteiger partial charge in [0.1, 0.15) is 11.6 Å². The summed E-state index contributed by atoms with van der Waals surface area (Å²) in [7, 11) is -3.81. The molecular weight excluding hydrogens is 557 g/mol. The lowest BCUT2D eigenvalue weighted by molar-refractivity contribution is -0.160. The third-order valence-electron chi connectivity index (χ3n) is 6.70. The molecule has 10 heteroatoms. The first-order chi connectivity index (χ1) is 18.6. The number of carboxylic acid groups (broad SMARTS) is 1. The largest absolute Gasteiger partial charge is 0.493 e. The Morgan fingerprint density at radius 2 is 1.75 bits per heavy atom. The quantitative estimate of drug-likeness (QED) is 0.306. The molecule has 7 nitrogen and oxygen atoms in total. The average Bonchev–Trinajstić information content (AvgIpc) is 2.85. The molecular formula is C30H33ClFNO6S. The maximum atomic E-state index is 14.1. The minimum atomic E-state index is -3.81. The summed E-state index contributed by atoms with van der Waals surface area (Å²) < 4.78 is 53.8. The lowest BCUT2D eigenvalue weighted by Crippen LogP contribution is -2.29. The molecule has 0 amide bonds. The van der Waals surface area contributed by atoms with Crippen LogP contribution in [0.5, 0.6) is 5.75 Å². The predicted molar refractivity (Wildman–Crippen MR) is 155 cm³/mol. The lowest BCUT2D eigenvalue weighted by Gasteiger charge is -2.31. The van der Waals surface area contributed by atoms with Crippen LogP contribution in [0.2, 0.25) is 5.02 Å². The summed E-state index contributed by atoms with van der Waals surface area (Å²) in [4.78, 5) is 12.7. The van der Waals surface area contributed by atoms with Crippen molar-refractivity contribution in [3.05, 3.63) is 69.5 Å². The van der Waals surface area contributed by atoms with E-state index in [0.717, 1.165) is 36.0 Å². The maximum Gasteiger partial charge on any atom is 0.337 e. The van der Waals surface area contributed by atoms with Crippen molar-refractivity contribution in [1.29, 1.82) is 0 Å². The Morgan fingerprint density at radius 3 is 2.35 bits per heavy atom. The zero-order valence-electron chi connectivity index (χ0n) is 23.3. The molecule has 0 aliphatic carbocycles. The molecule has 1 aliphatic rings. The van der Waals surface area contributed by atoms with E-state index < -0.39 is 33.5 Å². The number of nitrogens with one attached hydrogen (secondary N) is 1. The molecule has 3 aromatic carbocycles. The molecule has 0 bridgehead atoms. The first-order valence-electron chi connectivity index (χ1n) is 12.8. The van der Waals surface area contributed by atoms with Gasteiger partial charge in [-0.3, -0.25) is 4.72 Å². The third-order valence-corrected chi connectivity index (χ3v) is 7.56. The van der Waals surface area contributed by atoms with Gasteiger partial charge in [-0.15, -0.1) is 0 Å². The maximum absolute atomic E-state index is 14.1. The minimum absolute atomic E-state index is 0.129. The second-order valence-electron chi connectivity index (χ2n) is 11.0. The van der Waals surface area contributed by atoms with Gasteiger partial charge in [0.25, 0.3) is 0 Å². The molecule has 0 saturated heterocycles. The van der Waals surface area contributed by atoms with Gasteiger partial charge >= 0.3 is 5.97 Å². The summed E-state index contributed by atoms with van der Waals surface area (Å²) in [6, 6.07) is 9.85. The Balaban J connectivity index is 2.17. The molecule has 3 aromatic rings. The van der Waals surface area contributed by atoms with Gasteiger partial charge in [0.2, 0.25) is 10.0 Å². The van der Waals surface area contributed by atoms with E-state index >= 15 is 0 Å². The molecule has 0 saturated carbocycles. The number of ether oxygens (including phenoxy) is 2. The number of sulfonamides is 1. The molecule has 40 heavy (non-hydrogen) atoms. The van der Waals surface area contributed by atoms with E-state index in [-0.39, 0.29) is 10.7 Å². The highest BCUT2D eigenvalue weighted by Crippen LogP contribution is 2.48. The monoisotopic (exact) mass is 589 g/mol. The van der Waals surface area contributed by atoms with Crippen LogP contribution >= 0.6 is 11.6 Å². The third kappa shape index (κ3) is 6.27. The zero-order chi connectivity index (χ0) is 29.6. The average molecular weight is 590 g/mol. The van der Waals surface area contributed by atoms with Crippen LogP contribution in [-0.2, 0) is 26.0 Å². The summed E-state index contributed by atoms with van der Waals surface area (Å²) in [6.07, 6.45) is 1.24. The number of fused-ring (bicyclic) bond motifs is 1. The van der Waals surface area contributed by atoms with Gasteiger partial charge in [-0.1, -0.05) is 23.7 Å². The number of carboxylic acids is 1. The van der Waals surface area contributed by atoms with Gasteiger partial charge in [-0.05, 0) is 105 Å². The summed E-state index contributed by atoms with van der Waals surface area (Å²) in [5.74, 6) is -1.07. The number of carbonyl (C=O) groups is 1. The molecule has 1 aliphatic heterocycles. The summed E-state index contributed by atoms with van der Waals surface area (Å²) in [5.41, 5.74) is 3.82. The number of aliphatic carboxylic acids is 1. The van der Waals surface area contributed by atoms with Crippen molar-refractivity contribution in [3.63, 3.8) is 0 Å². The van der Waals surface area contributed by atoms with Crippen molar-refractivity contribution in [3.8, 4) is 28.0 Å². The van der Waals surface area contributed by atoms with Crippen LogP contribution in [0.25, 0.3) is 22.3 Å². The predicted octanol–water partition coefficient (Wildman–Crippen LogP) is 7.07. The molecule has 0 fully saturated rings. The van der Waals surface area contributed by atoms with Gasteiger partial charge in [-0.25, -0.2) is 17.6 Å². The standard InChI is InChI=1S/C30H33ClFNO6S/c1-16-24(19-10-12-23-18(14-19)8-7-13-38-23)26(28(29(34)35)39-30(3,4)5)17(2)27(33-40(6,36)37)25(16)20-9-11-22(32)21(31)15-20/h9-12,14-15,28,33H,7-8,13H2,1-6H3,(H,34,35). The van der Waals surface area contributed by atoms with Crippen LogP contribution in [0.3, 0.4) is 0 Å². The van der Waals surface area contributed by atoms with E-state index in [9.17, 15) is 22.7 Å². The Labute approximate surface area is 239 Å². The van der Waals surface area contributed by atoms with Gasteiger partial charge in [0.05, 0.1) is 29.2 Å². The number of aryl methyl sites for hydroxylation is 1. The van der Waals surface area contributed by atoms with Gasteiger partial charge < -0.3 is 14.6 Å². The summed E-state index contributed by atoms with van der Waals surface area (Å²) in [5, 5.41) is 10.3. The van der Waals surface area contributed by atoms with Crippen LogP contribution in [-0.4, -0.2) is 38.0 Å². The molecule has 0 spiro atoms. The van der Waals surface area contributed by atoms with Crippen LogP contribution in [0.4, 0.5) is 10.1 Å². The van der Waals surface area contributed by atoms with E-state index in [4.69, 9.17) is 21.1 Å². The molecule has 2 N–H and O–H groups in total. The fourth-order valence-electron chi connectivity index (χ4n) is 5.15. The van der Waals surface area contributed by atoms with Crippen molar-refractivity contribution in [2.24, 2.45) is 0 Å². The van der Waals surface area contributed by atoms with E-state index in [0.29, 0.717) is 40.0 Å². The van der Waals surface area contributed by atoms with E-state index in [1.165, 1.54) is 18.2 Å². The number of halogens is 2. The molecule has 0 aromatic heterocycles. The molecule has 1 atom stereocenters. The van der Waals surface area contributed by atoms with E-state index in [2.05, 4.69) is 4.72 Å². The number of hydrogen-bond donors (Lipinski definition) is 2. The van der Waals surface area contributed by atoms with Crippen LogP contribution in [0.15, 0.2) is 36.4 Å². The topological polar surface area (TPSA) is 102 Å². The Bertz CT molecular complexity index is 1600. The highest BCUT2D eigenvalue weighted by atomic mass is 35.5. The Morgan fingerprint density at radius 1 is 1.10 bits per heavy atom. The number of rotatable bonds is 7. The lowest BCUT2D eigenvalue weighted by atomic mass is 9.82. The SMILES string of the molecule is Cc1c(-c2ccc(F)c(Cl)c2)c(NS(C)(=O)=O)c(C)c(C(OC(C)(C)C)C(=O)O)c1-c1ccc2c(c1)CCCO2. The van der Waals surface area contributed by atoms with E-state index in [1.54, 1.807) is 34.6 Å². The van der Waals surface area contributed by atoms with Crippen molar-refractivity contribution in [2.75, 3.05) is 17.6 Å². The number of hydrogen-bond acceptors (Lipinski definition) is 5. The molecule has 1 unspecified atom stereocenters. The molecule has 214 valence electrons. The highest BCUT2D eigenvalue weighted by molar-refractivity contribution is 7.92. The van der Waals surface area contributed by atoms with Crippen molar-refractivity contribution < 1.29 is 32.2 Å². The first-order valence-corrected chi connectivity index (χ1v) is 15.1. The van der Waals surface area contributed by atoms with Crippen molar-refractivity contribution in [1.82, 2.24) is 0 Å². The van der Waals surface area contributed by atoms with Crippen molar-refractivity contribution in [2.45, 2.75) is 59.2 Å². The second kappa shape index (κ2) is 11.0. The molecule has 4 rings (SSSR count). The highest BCUT2D eigenvalue weighted by Gasteiger charge is 2.34. The van der Waals surface area contributed by atoms with E-state index in [1.807, 2.05) is 18.2 Å². The molecule has 1 heterocycles. The second-order valence-corrected chi connectivity index (χ2v) is 13.2. The van der Waals surface area contributed by atoms with Crippen LogP contribution in [0, 0.1) is 19.7 Å². The summed E-state index contributed by atoms with van der Waals surface area (Å²) >= 11 is 6.15. The Hall–Kier alpha value is -3.14. The van der Waals surface area contributed by atoms with Gasteiger partial charge in [0, 0.05) is 11.1 Å². The number of benzene rings is 3. The smallest absolute Gasteiger partial charge is 0.337 e. The number of anilines is 1. The molecule has 0 radical (unpaired) electrons. The van der Waals surface area contributed by atoms with Crippen LogP contribution in [0.1, 0.15) is 55.5 Å². The van der Waals surface area contributed by atoms with Gasteiger partial charge in [0.15, 0.2) is 6.10 Å².